The van der Waals surface area contributed by atoms with Crippen molar-refractivity contribution in [2.24, 2.45) is 22.7 Å². The number of halogens is 3. The molecule has 24 nitrogen and oxygen atoms in total. The van der Waals surface area contributed by atoms with E-state index < -0.39 is 105 Å². The van der Waals surface area contributed by atoms with Crippen LogP contribution < -0.4 is 51.0 Å². The first-order valence-corrected chi connectivity index (χ1v) is 31.8. The maximum Gasteiger partial charge on any atom is 1.00 e. The molecule has 2 fully saturated rings. The average Bonchev–Trinajstić information content (AvgIpc) is 0.816. The van der Waals surface area contributed by atoms with Crippen LogP contribution in [0.5, 0.6) is 0 Å². The van der Waals surface area contributed by atoms with Crippen molar-refractivity contribution in [1.82, 2.24) is 52.1 Å². The molecule has 510 valence electrons. The molecule has 94 heavy (non-hydrogen) atoms. The second-order valence-electron chi connectivity index (χ2n) is 25.4. The first kappa shape index (κ1) is 81.5. The summed E-state index contributed by atoms with van der Waals surface area (Å²) in [5.41, 5.74) is 9.73. The molecule has 0 saturated carbocycles. The van der Waals surface area contributed by atoms with Gasteiger partial charge >= 0.3 is 36.8 Å². The van der Waals surface area contributed by atoms with Gasteiger partial charge in [0, 0.05) is 30.8 Å². The molecule has 2 saturated heterocycles. The maximum atomic E-state index is 13.5. The molecule has 0 bridgehead atoms. The Balaban J connectivity index is 0.000000487. The maximum absolute atomic E-state index is 13.5. The van der Waals surface area contributed by atoms with Gasteiger partial charge in [-0.3, -0.25) is 53.2 Å². The van der Waals surface area contributed by atoms with Gasteiger partial charge in [-0.2, -0.15) is 0 Å². The summed E-state index contributed by atoms with van der Waals surface area (Å²) < 4.78 is 8.61. The Hall–Kier alpha value is -6.72. The van der Waals surface area contributed by atoms with Gasteiger partial charge in [0.2, 0.25) is 27.4 Å². The van der Waals surface area contributed by atoms with E-state index in [4.69, 9.17) is 49.3 Å². The first-order valence-electron chi connectivity index (χ1n) is 30.7. The Morgan fingerprint density at radius 1 is 0.649 bits per heavy atom. The van der Waals surface area contributed by atoms with Crippen LogP contribution >= 0.6 is 34.8 Å². The van der Waals surface area contributed by atoms with E-state index in [9.17, 15) is 53.4 Å². The molecular weight excluding hydrogens is 1270 g/mol. The number of nitrogens with zero attached hydrogens (tertiary/aromatic N) is 4. The van der Waals surface area contributed by atoms with Gasteiger partial charge < -0.3 is 46.4 Å². The molecule has 2 aromatic carbocycles. The van der Waals surface area contributed by atoms with Gasteiger partial charge in [-0.1, -0.05) is 111 Å². The second kappa shape index (κ2) is 35.3. The van der Waals surface area contributed by atoms with Crippen molar-refractivity contribution in [3.05, 3.63) is 94.3 Å². The Kier molecular flexibility index (Phi) is 30.6. The summed E-state index contributed by atoms with van der Waals surface area (Å²) in [5.74, 6) is -5.37. The fourth-order valence-corrected chi connectivity index (χ4v) is 10.3. The summed E-state index contributed by atoms with van der Waals surface area (Å²) in [4.78, 5) is 124. The third-order valence-corrected chi connectivity index (χ3v) is 15.9. The fourth-order valence-electron chi connectivity index (χ4n) is 10.1. The minimum atomic E-state index is -1.76. The number of aliphatic hydroxyl groups excluding tert-OH is 1. The minimum Gasteiger partial charge on any atom is -0.870 e. The molecule has 0 radical (unpaired) electrons. The third-order valence-electron chi connectivity index (χ3n) is 15.6. The van der Waals surface area contributed by atoms with E-state index in [1.165, 1.54) is 30.8 Å². The van der Waals surface area contributed by atoms with Crippen LogP contribution in [0, 0.1) is 36.5 Å². The predicted octanol–water partition coefficient (Wildman–Crippen LogP) is 4.95. The number of aliphatic carboxylic acids is 1. The van der Waals surface area contributed by atoms with Crippen molar-refractivity contribution in [3.8, 4) is 0 Å². The van der Waals surface area contributed by atoms with Crippen LogP contribution in [0.2, 0.25) is 0 Å². The number of amides is 6. The molecule has 6 amide bonds. The average molecular weight is 1360 g/mol. The normalized spacial score (nSPS) is 17.3. The number of aryl methyl sites for hydroxylation is 2. The molecule has 6 rings (SSSR count). The summed E-state index contributed by atoms with van der Waals surface area (Å²) >= 11 is 17.0. The van der Waals surface area contributed by atoms with Gasteiger partial charge in [0.15, 0.2) is 0 Å². The number of carbonyl (C=O) groups is 9. The number of hydrogen-bond donors (Lipinski definition) is 8. The zero-order chi connectivity index (χ0) is 68.9. The number of alkyl halides is 3. The van der Waals surface area contributed by atoms with E-state index >= 15 is 0 Å². The van der Waals surface area contributed by atoms with Crippen molar-refractivity contribution < 1.29 is 87.2 Å². The molecule has 28 heteroatoms. The molecule has 2 aromatic heterocycles. The zero-order valence-electron chi connectivity index (χ0n) is 56.4. The van der Waals surface area contributed by atoms with Crippen LogP contribution in [-0.2, 0) is 52.6 Å². The molecular formula is C66H90Cl3LiN10O14. The molecule has 8 atom stereocenters. The topological polar surface area (TPSA) is 347 Å². The van der Waals surface area contributed by atoms with E-state index in [0.29, 0.717) is 55.7 Å². The van der Waals surface area contributed by atoms with E-state index in [2.05, 4.69) is 37.1 Å². The van der Waals surface area contributed by atoms with Gasteiger partial charge in [-0.15, -0.1) is 0 Å². The van der Waals surface area contributed by atoms with E-state index in [0.717, 1.165) is 38.5 Å². The zero-order valence-corrected chi connectivity index (χ0v) is 58.7. The van der Waals surface area contributed by atoms with Gasteiger partial charge in [-0.25, -0.2) is 20.8 Å². The summed E-state index contributed by atoms with van der Waals surface area (Å²) in [5, 5.41) is 34.7. The summed E-state index contributed by atoms with van der Waals surface area (Å²) in [6.45, 7) is 26.0. The van der Waals surface area contributed by atoms with Crippen molar-refractivity contribution >= 4 is 122 Å². The number of ether oxygens (including phenoxy) is 2. The number of pyridine rings is 2. The number of carbonyl (C=O) groups excluding carboxylic acids is 8. The Morgan fingerprint density at radius 3 is 1.45 bits per heavy atom. The Bertz CT molecular complexity index is 3450. The van der Waals surface area contributed by atoms with Crippen LogP contribution in [0.25, 0.3) is 34.0 Å². The molecule has 0 unspecified atom stereocenters. The number of nitrogens with one attached hydrogen (secondary N) is 6. The van der Waals surface area contributed by atoms with E-state index in [1.807, 2.05) is 74.5 Å². The monoisotopic (exact) mass is 1360 g/mol. The van der Waals surface area contributed by atoms with Crippen LogP contribution in [0.3, 0.4) is 0 Å². The van der Waals surface area contributed by atoms with Crippen LogP contribution in [0.1, 0.15) is 162 Å². The van der Waals surface area contributed by atoms with Crippen molar-refractivity contribution in [2.75, 3.05) is 19.7 Å². The minimum absolute atomic E-state index is 0. The van der Waals surface area contributed by atoms with Crippen LogP contribution in [0.4, 0.5) is 0 Å². The SMILES string of the molecule is CC(=O)O[C@H](C)c1nc2cc(/C=C/C(C)(C)C(=O)N[C@H](C(=O)N[C@@H](C)C(=O)N3CCC[C@@H](C(=O)OCC(Cl)(Cl)Cl)N3)C(C)C)ccc2cc1C.Cc1cc2ccc(/C=C/C(C)(C)C(=O)N[C@H](C(=O)N[C@@H](C)C(=O)N3CCC[C@@H](C(=O)O)N3)C(C)C)cc2nc1[C@@H](C)O.[Li+].[OH-]. The largest absolute Gasteiger partial charge is 1.00 e. The van der Waals surface area contributed by atoms with Crippen LogP contribution in [0.15, 0.2) is 60.7 Å². The first-order chi connectivity index (χ1) is 42.8. The number of hydrazine groups is 2. The number of aliphatic hydroxyl groups is 1. The number of aromatic nitrogens is 2. The number of hydrogen-bond acceptors (Lipinski definition) is 17. The van der Waals surface area contributed by atoms with Crippen LogP contribution in [-0.4, -0.2) is 149 Å². The Labute approximate surface area is 576 Å². The molecule has 4 aromatic rings. The third kappa shape index (κ3) is 23.3. The molecule has 0 spiro atoms. The molecule has 2 aliphatic rings. The quantitative estimate of drug-likeness (QED) is 0.0293. The van der Waals surface area contributed by atoms with Crippen molar-refractivity contribution in [3.63, 3.8) is 0 Å². The van der Waals surface area contributed by atoms with Gasteiger partial charge in [-0.05, 0) is 153 Å². The second-order valence-corrected chi connectivity index (χ2v) is 27.9. The number of rotatable bonds is 22. The van der Waals surface area contributed by atoms with Gasteiger partial charge in [0.05, 0.1) is 39.4 Å². The predicted molar refractivity (Wildman–Crippen MR) is 355 cm³/mol. The van der Waals surface area contributed by atoms with Crippen molar-refractivity contribution in [1.29, 1.82) is 0 Å². The van der Waals surface area contributed by atoms with E-state index in [1.54, 1.807) is 81.4 Å². The number of carboxylic acid groups (broad SMARTS) is 1. The fraction of sp³-hybridized carbons (Fsp3) is 0.530. The standard InChI is InChI=1S/C35H46Cl3N5O7.C31H43N5O6.Li.H2O/c1-19(2)28(30(45)39-21(4)31(46)43-15-9-10-26(42-43)32(47)49-18-35(36,37)38)41-33(48)34(7,8)14-13-24-11-12-25-16-20(3)29(40-27(25)17-24)22(5)50-23(6)44;1-17(2)25(27(38)32-19(4)28(39)36-14-8-9-23(35-36)29(40)41)34-30(42)31(6,7)13-12-21-10-11-22-15-18(3)26(20(5)37)33-24(22)16-21;;/h11-14,16-17,19,21-22,26,28,42H,9-10,15,18H2,1-8H3,(H,39,45)(H,41,48);10-13,15-17,19-20,23,25,35,37H,8-9,14H2,1-7H3,(H,32,38)(H,34,42)(H,40,41);;1H2/q;;+1;/p-1/b14-13+;13-12+;;/t21-,22+,26-,28-;19-,20+,23-,25-;;/m00../s1. The molecule has 9 N–H and O–H groups in total. The summed E-state index contributed by atoms with van der Waals surface area (Å²) in [6.07, 6.45) is 7.81. The number of fused-ring (bicyclic) bond motifs is 2. The number of esters is 2. The van der Waals surface area contributed by atoms with Crippen molar-refractivity contribution in [2.45, 2.75) is 182 Å². The Morgan fingerprint density at radius 2 is 1.05 bits per heavy atom. The number of carboxylic acids is 1. The summed E-state index contributed by atoms with van der Waals surface area (Å²) in [7, 11) is 0. The van der Waals surface area contributed by atoms with E-state index in [-0.39, 0.29) is 54.0 Å². The molecule has 4 heterocycles. The molecule has 2 aliphatic heterocycles. The molecule has 0 aliphatic carbocycles. The smallest absolute Gasteiger partial charge is 0.870 e. The number of benzene rings is 2. The summed E-state index contributed by atoms with van der Waals surface area (Å²) in [6, 6.07) is 10.0. The van der Waals surface area contributed by atoms with Gasteiger partial charge in [0.1, 0.15) is 49.0 Å². The van der Waals surface area contributed by atoms with Gasteiger partial charge in [0.25, 0.3) is 11.8 Å².